The van der Waals surface area contributed by atoms with Crippen molar-refractivity contribution >= 4 is 29.6 Å². The van der Waals surface area contributed by atoms with Gasteiger partial charge in [0.1, 0.15) is 12.1 Å². The van der Waals surface area contributed by atoms with Gasteiger partial charge in [0, 0.05) is 34.2 Å². The van der Waals surface area contributed by atoms with Crippen LogP contribution in [0.2, 0.25) is 0 Å². The van der Waals surface area contributed by atoms with Gasteiger partial charge >= 0.3 is 5.97 Å². The molecule has 13 nitrogen and oxygen atoms in total. The van der Waals surface area contributed by atoms with Gasteiger partial charge in [0.05, 0.1) is 42.2 Å². The number of hydrogen-bond acceptors (Lipinski definition) is 8. The lowest BCUT2D eigenvalue weighted by atomic mass is 9.89. The maximum absolute atomic E-state index is 14.1. The van der Waals surface area contributed by atoms with Gasteiger partial charge in [0.15, 0.2) is 0 Å². The first-order valence-corrected chi connectivity index (χ1v) is 18.1. The van der Waals surface area contributed by atoms with E-state index in [1.54, 1.807) is 44.7 Å². The van der Waals surface area contributed by atoms with Crippen LogP contribution in [0.25, 0.3) is 0 Å². The van der Waals surface area contributed by atoms with Crippen molar-refractivity contribution in [2.75, 3.05) is 34.9 Å². The minimum atomic E-state index is -1.14. The van der Waals surface area contributed by atoms with E-state index in [2.05, 4.69) is 16.0 Å². The molecule has 0 aromatic heterocycles. The summed E-state index contributed by atoms with van der Waals surface area (Å²) in [6.07, 6.45) is 0.809. The number of methoxy groups -OCH3 is 2. The molecule has 51 heavy (non-hydrogen) atoms. The highest BCUT2D eigenvalue weighted by molar-refractivity contribution is 5.92. The summed E-state index contributed by atoms with van der Waals surface area (Å²) in [6, 6.07) is 6.27. The summed E-state index contributed by atoms with van der Waals surface area (Å²) in [5, 5.41) is 18.4. The van der Waals surface area contributed by atoms with Crippen molar-refractivity contribution < 1.29 is 38.6 Å². The number of carbonyl (C=O) groups is 5. The van der Waals surface area contributed by atoms with Crippen LogP contribution >= 0.6 is 0 Å². The molecule has 0 spiro atoms. The van der Waals surface area contributed by atoms with Gasteiger partial charge in [-0.25, -0.2) is 4.79 Å². The largest absolute Gasteiger partial charge is 0.480 e. The third kappa shape index (κ3) is 11.5. The van der Waals surface area contributed by atoms with Gasteiger partial charge in [-0.15, -0.1) is 0 Å². The molecule has 1 aromatic carbocycles. The number of benzene rings is 1. The van der Waals surface area contributed by atoms with Crippen LogP contribution in [0.4, 0.5) is 0 Å². The lowest BCUT2D eigenvalue weighted by Gasteiger charge is -2.41. The number of ether oxygens (including phenoxy) is 2. The summed E-state index contributed by atoms with van der Waals surface area (Å²) in [6.45, 7) is 13.4. The summed E-state index contributed by atoms with van der Waals surface area (Å²) in [5.74, 6) is -3.36. The Bertz CT molecular complexity index is 1310. The summed E-state index contributed by atoms with van der Waals surface area (Å²) in [4.78, 5) is 70.0. The van der Waals surface area contributed by atoms with Crippen LogP contribution in [-0.2, 0) is 39.9 Å². The third-order valence-electron chi connectivity index (χ3n) is 10.6. The number of carboxylic acid groups (broad SMARTS) is 1. The Balaban J connectivity index is 2.26. The molecule has 1 aromatic rings. The molecule has 1 saturated heterocycles. The summed E-state index contributed by atoms with van der Waals surface area (Å²) in [7, 11) is 6.41. The molecule has 288 valence electrons. The molecule has 0 bridgehead atoms. The number of nitrogens with zero attached hydrogens (tertiary/aromatic N) is 2. The monoisotopic (exact) mass is 717 g/mol. The van der Waals surface area contributed by atoms with E-state index in [4.69, 9.17) is 9.47 Å². The Morgan fingerprint density at radius 3 is 2.16 bits per heavy atom. The number of hydrogen-bond donors (Lipinski definition) is 4. The minimum Gasteiger partial charge on any atom is -0.480 e. The van der Waals surface area contributed by atoms with Crippen LogP contribution in [0.1, 0.15) is 79.7 Å². The average Bonchev–Trinajstić information content (AvgIpc) is 3.59. The number of carboxylic acids is 1. The maximum Gasteiger partial charge on any atom is 0.326 e. The van der Waals surface area contributed by atoms with E-state index in [9.17, 15) is 29.1 Å². The second-order valence-electron chi connectivity index (χ2n) is 14.7. The average molecular weight is 718 g/mol. The van der Waals surface area contributed by atoms with E-state index in [1.165, 1.54) is 14.2 Å². The molecule has 4 N–H and O–H groups in total. The highest BCUT2D eigenvalue weighted by atomic mass is 16.5. The first-order valence-electron chi connectivity index (χ1n) is 18.1. The van der Waals surface area contributed by atoms with Gasteiger partial charge in [0.2, 0.25) is 23.6 Å². The first kappa shape index (κ1) is 43.6. The predicted octanol–water partition coefficient (Wildman–Crippen LogP) is 2.86. The van der Waals surface area contributed by atoms with Gasteiger partial charge in [-0.1, -0.05) is 71.4 Å². The standard InChI is InChI=1S/C38H63N5O8/c1-12-24(4)32(42(9)35(46)31(23(2)3)41-37(49)38(6,7)39-8)29(50-10)22-30(44)43-20-16-19-28(43)33(51-11)25(5)34(45)40-27(36(47)48)21-26-17-14-13-15-18-26/h13-15,17-18,23-25,27-29,31-33,39H,12,16,19-22H2,1-11H3,(H,40,45)(H,41,49)(H,47,48)/t24-,25+,27?,28?,29?,31-,32?,33?/m0/s1. The summed E-state index contributed by atoms with van der Waals surface area (Å²) >= 11 is 0. The second-order valence-corrected chi connectivity index (χ2v) is 14.7. The van der Waals surface area contributed by atoms with Crippen LogP contribution in [0.15, 0.2) is 30.3 Å². The topological polar surface area (TPSA) is 167 Å². The fraction of sp³-hybridized carbons (Fsp3) is 0.711. The number of rotatable bonds is 20. The van der Waals surface area contributed by atoms with E-state index < -0.39 is 59.7 Å². The molecule has 0 aliphatic carbocycles. The fourth-order valence-corrected chi connectivity index (χ4v) is 6.83. The third-order valence-corrected chi connectivity index (χ3v) is 10.6. The molecule has 1 heterocycles. The Kier molecular flexibility index (Phi) is 17.0. The van der Waals surface area contributed by atoms with Crippen molar-refractivity contribution in [2.24, 2.45) is 17.8 Å². The molecule has 5 unspecified atom stereocenters. The fourth-order valence-electron chi connectivity index (χ4n) is 6.83. The Morgan fingerprint density at radius 2 is 1.65 bits per heavy atom. The number of carbonyl (C=O) groups excluding carboxylic acids is 4. The normalized spacial score (nSPS) is 19.0. The zero-order valence-corrected chi connectivity index (χ0v) is 32.5. The number of likely N-dealkylation sites (N-methyl/N-ethyl adjacent to an activating group) is 2. The van der Waals surface area contributed by atoms with Crippen molar-refractivity contribution in [1.29, 1.82) is 0 Å². The molecule has 8 atom stereocenters. The van der Waals surface area contributed by atoms with Crippen molar-refractivity contribution in [3.8, 4) is 0 Å². The van der Waals surface area contributed by atoms with Crippen LogP contribution in [0.5, 0.6) is 0 Å². The predicted molar refractivity (Wildman–Crippen MR) is 196 cm³/mol. The summed E-state index contributed by atoms with van der Waals surface area (Å²) < 4.78 is 11.8. The van der Waals surface area contributed by atoms with E-state index in [0.29, 0.717) is 25.8 Å². The van der Waals surface area contributed by atoms with Gasteiger partial charge in [0.25, 0.3) is 0 Å². The Labute approximate surface area is 304 Å². The van der Waals surface area contributed by atoms with Crippen LogP contribution in [0.3, 0.4) is 0 Å². The van der Waals surface area contributed by atoms with E-state index in [1.807, 2.05) is 58.0 Å². The molecule has 1 aliphatic heterocycles. The zero-order chi connectivity index (χ0) is 38.6. The molecule has 13 heteroatoms. The molecule has 0 radical (unpaired) electrons. The van der Waals surface area contributed by atoms with Crippen molar-refractivity contribution in [1.82, 2.24) is 25.8 Å². The zero-order valence-electron chi connectivity index (χ0n) is 32.5. The highest BCUT2D eigenvalue weighted by Gasteiger charge is 2.43. The van der Waals surface area contributed by atoms with Gasteiger partial charge < -0.3 is 40.3 Å². The van der Waals surface area contributed by atoms with Gasteiger partial charge in [-0.05, 0) is 51.1 Å². The van der Waals surface area contributed by atoms with Gasteiger partial charge in [-0.2, -0.15) is 0 Å². The Hall–Kier alpha value is -3.55. The molecular weight excluding hydrogens is 654 g/mol. The Morgan fingerprint density at radius 1 is 1.02 bits per heavy atom. The van der Waals surface area contributed by atoms with Crippen molar-refractivity contribution in [2.45, 2.75) is 122 Å². The lowest BCUT2D eigenvalue weighted by Crippen LogP contribution is -2.61. The van der Waals surface area contributed by atoms with E-state index >= 15 is 0 Å². The molecule has 2 rings (SSSR count). The lowest BCUT2D eigenvalue weighted by molar-refractivity contribution is -0.148. The smallest absolute Gasteiger partial charge is 0.326 e. The van der Waals surface area contributed by atoms with Crippen LogP contribution < -0.4 is 16.0 Å². The minimum absolute atomic E-state index is 0.0136. The van der Waals surface area contributed by atoms with Gasteiger partial charge in [-0.3, -0.25) is 19.2 Å². The first-order chi connectivity index (χ1) is 23.9. The highest BCUT2D eigenvalue weighted by Crippen LogP contribution is 2.30. The van der Waals surface area contributed by atoms with Crippen LogP contribution in [0, 0.1) is 17.8 Å². The summed E-state index contributed by atoms with van der Waals surface area (Å²) in [5.41, 5.74) is -0.0968. The van der Waals surface area contributed by atoms with E-state index in [0.717, 1.165) is 5.56 Å². The quantitative estimate of drug-likeness (QED) is 0.159. The molecular formula is C38H63N5O8. The van der Waals surface area contributed by atoms with Crippen LogP contribution in [-0.4, -0.2) is 121 Å². The maximum atomic E-state index is 14.1. The molecule has 0 saturated carbocycles. The number of aliphatic carboxylic acids is 1. The van der Waals surface area contributed by atoms with E-state index in [-0.39, 0.29) is 42.4 Å². The molecule has 1 aliphatic rings. The SMILES string of the molecule is CC[C@H](C)C(C(CC(=O)N1CCCC1C(OC)[C@@H](C)C(=O)NC(Cc1ccccc1)C(=O)O)OC)N(C)C(=O)[C@@H](NC(=O)C(C)(C)NC)C(C)C. The second kappa shape index (κ2) is 19.9. The number of amides is 4. The number of nitrogens with one attached hydrogen (secondary N) is 3. The molecule has 4 amide bonds. The van der Waals surface area contributed by atoms with Crippen molar-refractivity contribution in [3.63, 3.8) is 0 Å². The van der Waals surface area contributed by atoms with Crippen molar-refractivity contribution in [3.05, 3.63) is 35.9 Å². The number of likely N-dealkylation sites (tertiary alicyclic amines) is 1. The molecule has 1 fully saturated rings.